The van der Waals surface area contributed by atoms with Gasteiger partial charge in [0.05, 0.1) is 5.02 Å². The summed E-state index contributed by atoms with van der Waals surface area (Å²) in [6.45, 7) is 6.47. The maximum absolute atomic E-state index is 8.65. The van der Waals surface area contributed by atoms with Crippen LogP contribution in [-0.2, 0) is 0 Å². The average Bonchev–Trinajstić information content (AvgIpc) is 2.36. The summed E-state index contributed by atoms with van der Waals surface area (Å²) in [6.07, 6.45) is 1.02. The molecule has 1 aromatic rings. The zero-order chi connectivity index (χ0) is 13.9. The van der Waals surface area contributed by atoms with Crippen molar-refractivity contribution in [2.24, 2.45) is 10.9 Å². The minimum absolute atomic E-state index is 0.0176. The second-order valence-corrected chi connectivity index (χ2v) is 5.28. The summed E-state index contributed by atoms with van der Waals surface area (Å²) in [5, 5.41) is 12.1. The van der Waals surface area contributed by atoms with E-state index in [-0.39, 0.29) is 11.4 Å². The van der Waals surface area contributed by atoms with Gasteiger partial charge in [0.1, 0.15) is 0 Å². The van der Waals surface area contributed by atoms with Crippen molar-refractivity contribution < 1.29 is 5.21 Å². The van der Waals surface area contributed by atoms with E-state index in [9.17, 15) is 0 Å². The molecule has 3 N–H and O–H groups in total. The van der Waals surface area contributed by atoms with Gasteiger partial charge in [0.15, 0.2) is 5.84 Å². The molecule has 0 saturated carbocycles. The van der Waals surface area contributed by atoms with Crippen molar-refractivity contribution in [2.75, 3.05) is 11.9 Å². The first-order valence-electron chi connectivity index (χ1n) is 5.84. The molecule has 0 saturated heterocycles. The maximum Gasteiger partial charge on any atom is 0.171 e. The highest BCUT2D eigenvalue weighted by molar-refractivity contribution is 6.34. The number of nitrogens with two attached hydrogens (primary N) is 1. The first kappa shape index (κ1) is 14.6. The smallest absolute Gasteiger partial charge is 0.171 e. The van der Waals surface area contributed by atoms with Gasteiger partial charge in [-0.15, -0.1) is 0 Å². The number of hydrogen-bond acceptors (Lipinski definition) is 3. The molecule has 1 rings (SSSR count). The number of nitrogens with zero attached hydrogens (tertiary/aromatic N) is 2. The van der Waals surface area contributed by atoms with E-state index >= 15 is 0 Å². The van der Waals surface area contributed by atoms with Crippen molar-refractivity contribution in [2.45, 2.75) is 32.7 Å². The summed E-state index contributed by atoms with van der Waals surface area (Å²) >= 11 is 6.14. The Morgan fingerprint density at radius 2 is 2.11 bits per heavy atom. The van der Waals surface area contributed by atoms with E-state index in [1.165, 1.54) is 0 Å². The van der Waals surface area contributed by atoms with Crippen molar-refractivity contribution in [1.29, 1.82) is 0 Å². The Labute approximate surface area is 113 Å². The van der Waals surface area contributed by atoms with E-state index in [1.807, 2.05) is 19.2 Å². The first-order valence-corrected chi connectivity index (χ1v) is 6.22. The minimum atomic E-state index is 0.0176. The molecule has 5 heteroatoms. The molecule has 0 radical (unpaired) electrons. The monoisotopic (exact) mass is 269 g/mol. The predicted octanol–water partition coefficient (Wildman–Crippen LogP) is 3.06. The molecule has 0 aliphatic heterocycles. The Kier molecular flexibility index (Phi) is 4.46. The van der Waals surface area contributed by atoms with Crippen LogP contribution in [0.5, 0.6) is 0 Å². The fourth-order valence-corrected chi connectivity index (χ4v) is 1.83. The summed E-state index contributed by atoms with van der Waals surface area (Å²) < 4.78 is 0. The van der Waals surface area contributed by atoms with E-state index < -0.39 is 0 Å². The van der Waals surface area contributed by atoms with Crippen LogP contribution in [0.1, 0.15) is 32.8 Å². The Bertz CT molecular complexity index is 458. The highest BCUT2D eigenvalue weighted by Crippen LogP contribution is 2.28. The van der Waals surface area contributed by atoms with Crippen molar-refractivity contribution in [3.05, 3.63) is 28.8 Å². The Balaban J connectivity index is 3.12. The quantitative estimate of drug-likeness (QED) is 0.382. The molecule has 1 aromatic carbocycles. The van der Waals surface area contributed by atoms with Gasteiger partial charge < -0.3 is 15.8 Å². The van der Waals surface area contributed by atoms with Crippen LogP contribution in [-0.4, -0.2) is 23.6 Å². The zero-order valence-electron chi connectivity index (χ0n) is 11.2. The normalized spacial score (nSPS) is 12.6. The van der Waals surface area contributed by atoms with Crippen LogP contribution in [0, 0.1) is 0 Å². The zero-order valence-corrected chi connectivity index (χ0v) is 12.0. The number of halogens is 1. The second-order valence-electron chi connectivity index (χ2n) is 4.87. The molecule has 0 aromatic heterocycles. The lowest BCUT2D eigenvalue weighted by Gasteiger charge is -2.37. The van der Waals surface area contributed by atoms with E-state index in [0.29, 0.717) is 10.6 Å². The summed E-state index contributed by atoms with van der Waals surface area (Å²) in [5.74, 6) is 0.0176. The van der Waals surface area contributed by atoms with Crippen molar-refractivity contribution in [1.82, 2.24) is 0 Å². The van der Waals surface area contributed by atoms with Crippen molar-refractivity contribution >= 4 is 23.1 Å². The molecule has 0 amide bonds. The third-order valence-corrected chi connectivity index (χ3v) is 3.81. The molecule has 100 valence electrons. The molecule has 0 spiro atoms. The van der Waals surface area contributed by atoms with Crippen LogP contribution in [0.4, 0.5) is 5.69 Å². The van der Waals surface area contributed by atoms with Crippen LogP contribution >= 0.6 is 11.6 Å². The number of amidine groups is 1. The molecule has 0 atom stereocenters. The van der Waals surface area contributed by atoms with Gasteiger partial charge in [0.2, 0.25) is 0 Å². The van der Waals surface area contributed by atoms with E-state index in [0.717, 1.165) is 12.1 Å². The highest BCUT2D eigenvalue weighted by atomic mass is 35.5. The molecule has 0 fully saturated rings. The Morgan fingerprint density at radius 1 is 1.50 bits per heavy atom. The van der Waals surface area contributed by atoms with E-state index in [4.69, 9.17) is 22.5 Å². The summed E-state index contributed by atoms with van der Waals surface area (Å²) in [6, 6.07) is 5.50. The molecule has 0 bridgehead atoms. The van der Waals surface area contributed by atoms with Gasteiger partial charge in [0.25, 0.3) is 0 Å². The summed E-state index contributed by atoms with van der Waals surface area (Å²) in [5.41, 5.74) is 7.11. The van der Waals surface area contributed by atoms with Gasteiger partial charge in [-0.3, -0.25) is 0 Å². The van der Waals surface area contributed by atoms with Gasteiger partial charge in [0, 0.05) is 23.8 Å². The van der Waals surface area contributed by atoms with Crippen LogP contribution in [0.25, 0.3) is 0 Å². The minimum Gasteiger partial charge on any atom is -0.409 e. The number of benzene rings is 1. The molecule has 0 aliphatic carbocycles. The molecule has 0 heterocycles. The lowest BCUT2D eigenvalue weighted by atomic mass is 9.99. The molecular weight excluding hydrogens is 250 g/mol. The first-order chi connectivity index (χ1) is 8.33. The van der Waals surface area contributed by atoms with E-state index in [1.54, 1.807) is 6.07 Å². The fourth-order valence-electron chi connectivity index (χ4n) is 1.56. The average molecular weight is 270 g/mol. The predicted molar refractivity (Wildman–Crippen MR) is 76.7 cm³/mol. The van der Waals surface area contributed by atoms with Crippen LogP contribution < -0.4 is 10.6 Å². The van der Waals surface area contributed by atoms with Crippen LogP contribution in [0.15, 0.2) is 23.4 Å². The summed E-state index contributed by atoms with van der Waals surface area (Å²) in [7, 11) is 2.03. The van der Waals surface area contributed by atoms with Crippen molar-refractivity contribution in [3.63, 3.8) is 0 Å². The SMILES string of the molecule is CCC(C)(C)N(C)c1ccc(C(N)=NO)c(Cl)c1. The number of anilines is 1. The largest absolute Gasteiger partial charge is 0.409 e. The molecule has 0 unspecified atom stereocenters. The maximum atomic E-state index is 8.65. The lowest BCUT2D eigenvalue weighted by Crippen LogP contribution is -2.40. The number of oxime groups is 1. The van der Waals surface area contributed by atoms with Gasteiger partial charge >= 0.3 is 0 Å². The van der Waals surface area contributed by atoms with Gasteiger partial charge in [-0.2, -0.15) is 0 Å². The molecule has 4 nitrogen and oxygen atoms in total. The molecule has 18 heavy (non-hydrogen) atoms. The Morgan fingerprint density at radius 3 is 2.56 bits per heavy atom. The molecular formula is C13H20ClN3O. The number of hydrogen-bond donors (Lipinski definition) is 2. The highest BCUT2D eigenvalue weighted by Gasteiger charge is 2.22. The van der Waals surface area contributed by atoms with Gasteiger partial charge in [-0.1, -0.05) is 23.7 Å². The number of rotatable bonds is 4. The lowest BCUT2D eigenvalue weighted by molar-refractivity contribution is 0.318. The second kappa shape index (κ2) is 5.48. The van der Waals surface area contributed by atoms with Crippen LogP contribution in [0.3, 0.4) is 0 Å². The topological polar surface area (TPSA) is 61.8 Å². The Hall–Kier alpha value is -1.42. The third-order valence-electron chi connectivity index (χ3n) is 3.50. The van der Waals surface area contributed by atoms with E-state index in [2.05, 4.69) is 30.8 Å². The van der Waals surface area contributed by atoms with Gasteiger partial charge in [-0.25, -0.2) is 0 Å². The molecule has 0 aliphatic rings. The standard InChI is InChI=1S/C13H20ClN3O/c1-5-13(2,3)17(4)9-6-7-10(11(14)8-9)12(15)16-18/h6-8,18H,5H2,1-4H3,(H2,15,16). The fraction of sp³-hybridized carbons (Fsp3) is 0.462. The van der Waals surface area contributed by atoms with Crippen molar-refractivity contribution in [3.8, 4) is 0 Å². The van der Waals surface area contributed by atoms with Gasteiger partial charge in [-0.05, 0) is 38.5 Å². The third kappa shape index (κ3) is 2.88. The van der Waals surface area contributed by atoms with Crippen LogP contribution in [0.2, 0.25) is 5.02 Å². The summed E-state index contributed by atoms with van der Waals surface area (Å²) in [4.78, 5) is 2.16.